The number of carbonyl (C=O) groups is 1. The molecule has 2 aromatic carbocycles. The number of aryl methyl sites for hydroxylation is 2. The summed E-state index contributed by atoms with van der Waals surface area (Å²) in [6, 6.07) is 12.4. The first-order valence-electron chi connectivity index (χ1n) is 9.21. The Hall–Kier alpha value is -2.69. The molecule has 3 rings (SSSR count). The van der Waals surface area contributed by atoms with Crippen LogP contribution in [-0.4, -0.2) is 39.2 Å². The Bertz CT molecular complexity index is 793. The van der Waals surface area contributed by atoms with Crippen LogP contribution in [0.1, 0.15) is 35.6 Å². The third-order valence-electron chi connectivity index (χ3n) is 5.31. The van der Waals surface area contributed by atoms with Gasteiger partial charge in [0.1, 0.15) is 0 Å². The summed E-state index contributed by atoms with van der Waals surface area (Å²) >= 11 is 0. The molecule has 1 aliphatic carbocycles. The highest BCUT2D eigenvalue weighted by Gasteiger charge is 2.28. The summed E-state index contributed by atoms with van der Waals surface area (Å²) in [4.78, 5) is 14.7. The monoisotopic (exact) mass is 369 g/mol. The minimum atomic E-state index is 0.144. The van der Waals surface area contributed by atoms with Gasteiger partial charge >= 0.3 is 0 Å². The van der Waals surface area contributed by atoms with Crippen LogP contribution >= 0.6 is 0 Å². The van der Waals surface area contributed by atoms with E-state index in [1.54, 1.807) is 21.3 Å². The molecule has 2 aromatic rings. The fraction of sp³-hybridized carbons (Fsp3) is 0.409. The van der Waals surface area contributed by atoms with E-state index >= 15 is 0 Å². The molecule has 144 valence electrons. The fourth-order valence-electron chi connectivity index (χ4n) is 3.82. The number of amides is 1. The molecule has 27 heavy (non-hydrogen) atoms. The van der Waals surface area contributed by atoms with E-state index in [0.717, 1.165) is 18.4 Å². The Labute approximate surface area is 160 Å². The maximum atomic E-state index is 12.8. The topological polar surface area (TPSA) is 48.0 Å². The minimum absolute atomic E-state index is 0.144. The molecule has 5 nitrogen and oxygen atoms in total. The van der Waals surface area contributed by atoms with Crippen LogP contribution in [0.4, 0.5) is 0 Å². The van der Waals surface area contributed by atoms with Gasteiger partial charge in [0.2, 0.25) is 11.7 Å². The van der Waals surface area contributed by atoms with Crippen LogP contribution in [0, 0.1) is 0 Å². The van der Waals surface area contributed by atoms with Gasteiger partial charge in [-0.25, -0.2) is 0 Å². The molecule has 0 aliphatic heterocycles. The Kier molecular flexibility index (Phi) is 5.89. The van der Waals surface area contributed by atoms with Crippen molar-refractivity contribution in [1.82, 2.24) is 4.90 Å². The average molecular weight is 369 g/mol. The summed E-state index contributed by atoms with van der Waals surface area (Å²) in [6.45, 7) is 0. The molecule has 0 spiro atoms. The molecule has 1 atom stereocenters. The number of benzene rings is 2. The van der Waals surface area contributed by atoms with E-state index in [2.05, 4.69) is 18.2 Å². The van der Waals surface area contributed by atoms with Gasteiger partial charge in [0, 0.05) is 13.5 Å². The number of carbonyl (C=O) groups excluding carboxylic acids is 1. The van der Waals surface area contributed by atoms with Gasteiger partial charge in [0.15, 0.2) is 11.5 Å². The molecule has 0 saturated heterocycles. The first-order chi connectivity index (χ1) is 13.1. The molecule has 0 aromatic heterocycles. The predicted octanol–water partition coefficient (Wildman–Crippen LogP) is 3.79. The number of methoxy groups -OCH3 is 3. The van der Waals surface area contributed by atoms with Crippen LogP contribution in [0.2, 0.25) is 0 Å². The van der Waals surface area contributed by atoms with Crippen LogP contribution in [0.25, 0.3) is 0 Å². The minimum Gasteiger partial charge on any atom is -0.493 e. The lowest BCUT2D eigenvalue weighted by Gasteiger charge is -2.25. The van der Waals surface area contributed by atoms with E-state index in [9.17, 15) is 4.79 Å². The van der Waals surface area contributed by atoms with E-state index in [0.29, 0.717) is 30.1 Å². The van der Waals surface area contributed by atoms with Gasteiger partial charge in [0.25, 0.3) is 0 Å². The summed E-state index contributed by atoms with van der Waals surface area (Å²) in [5, 5.41) is 0. The molecule has 5 heteroatoms. The summed E-state index contributed by atoms with van der Waals surface area (Å²) in [5.74, 6) is 1.93. The van der Waals surface area contributed by atoms with Crippen LogP contribution in [0.3, 0.4) is 0 Å². The van der Waals surface area contributed by atoms with Gasteiger partial charge < -0.3 is 19.1 Å². The van der Waals surface area contributed by atoms with Crippen LogP contribution in [-0.2, 0) is 17.6 Å². The number of rotatable bonds is 7. The van der Waals surface area contributed by atoms with Gasteiger partial charge in [-0.05, 0) is 48.1 Å². The Morgan fingerprint density at radius 2 is 1.74 bits per heavy atom. The lowest BCUT2D eigenvalue weighted by atomic mass is 10.0. The summed E-state index contributed by atoms with van der Waals surface area (Å²) in [7, 11) is 6.68. The molecule has 0 radical (unpaired) electrons. The van der Waals surface area contributed by atoms with Crippen molar-refractivity contribution in [3.8, 4) is 17.2 Å². The van der Waals surface area contributed by atoms with E-state index in [1.807, 2.05) is 30.1 Å². The van der Waals surface area contributed by atoms with E-state index < -0.39 is 0 Å². The average Bonchev–Trinajstić information content (AvgIpc) is 3.14. The predicted molar refractivity (Wildman–Crippen MR) is 105 cm³/mol. The van der Waals surface area contributed by atoms with Crippen molar-refractivity contribution in [2.45, 2.75) is 31.7 Å². The standard InChI is InChI=1S/C22H27NO4/c1-23(18-11-10-16-7-5-6-8-17(16)18)21(24)12-9-15-13-19(25-2)22(27-4)20(14-15)26-3/h5-8,13-14,18H,9-12H2,1-4H3. The van der Waals surface area contributed by atoms with Gasteiger partial charge in [-0.3, -0.25) is 4.79 Å². The largest absolute Gasteiger partial charge is 0.493 e. The van der Waals surface area contributed by atoms with Crippen molar-refractivity contribution < 1.29 is 19.0 Å². The third-order valence-corrected chi connectivity index (χ3v) is 5.31. The van der Waals surface area contributed by atoms with Gasteiger partial charge in [0.05, 0.1) is 27.4 Å². The highest BCUT2D eigenvalue weighted by molar-refractivity contribution is 5.77. The van der Waals surface area contributed by atoms with Gasteiger partial charge in [-0.1, -0.05) is 24.3 Å². The maximum absolute atomic E-state index is 12.8. The number of nitrogens with zero attached hydrogens (tertiary/aromatic N) is 1. The highest BCUT2D eigenvalue weighted by Crippen LogP contribution is 2.39. The third kappa shape index (κ3) is 3.87. The maximum Gasteiger partial charge on any atom is 0.223 e. The van der Waals surface area contributed by atoms with E-state index in [-0.39, 0.29) is 11.9 Å². The normalized spacial score (nSPS) is 15.2. The van der Waals surface area contributed by atoms with Gasteiger partial charge in [-0.2, -0.15) is 0 Å². The van der Waals surface area contributed by atoms with E-state index in [1.165, 1.54) is 11.1 Å². The van der Waals surface area contributed by atoms with Crippen molar-refractivity contribution in [2.24, 2.45) is 0 Å². The second-order valence-corrected chi connectivity index (χ2v) is 6.79. The second-order valence-electron chi connectivity index (χ2n) is 6.79. The number of fused-ring (bicyclic) bond motifs is 1. The highest BCUT2D eigenvalue weighted by atomic mass is 16.5. The molecular formula is C22H27NO4. The molecule has 0 N–H and O–H groups in total. The van der Waals surface area contributed by atoms with Crippen LogP contribution in [0.5, 0.6) is 17.2 Å². The zero-order chi connectivity index (χ0) is 19.4. The number of hydrogen-bond acceptors (Lipinski definition) is 4. The quantitative estimate of drug-likeness (QED) is 0.745. The van der Waals surface area contributed by atoms with Crippen molar-refractivity contribution >= 4 is 5.91 Å². The lowest BCUT2D eigenvalue weighted by molar-refractivity contribution is -0.132. The molecule has 0 saturated carbocycles. The first kappa shape index (κ1) is 19.1. The fourth-order valence-corrected chi connectivity index (χ4v) is 3.82. The molecule has 1 unspecified atom stereocenters. The van der Waals surface area contributed by atoms with Crippen molar-refractivity contribution in [1.29, 1.82) is 0 Å². The van der Waals surface area contributed by atoms with Crippen LogP contribution in [0.15, 0.2) is 36.4 Å². The molecule has 1 aliphatic rings. The summed E-state index contributed by atoms with van der Waals surface area (Å²) in [5.41, 5.74) is 3.62. The van der Waals surface area contributed by atoms with Crippen LogP contribution < -0.4 is 14.2 Å². The molecule has 0 heterocycles. The second kappa shape index (κ2) is 8.33. The number of hydrogen-bond donors (Lipinski definition) is 0. The van der Waals surface area contributed by atoms with E-state index in [4.69, 9.17) is 14.2 Å². The Morgan fingerprint density at radius 3 is 2.37 bits per heavy atom. The van der Waals surface area contributed by atoms with Crippen molar-refractivity contribution in [3.63, 3.8) is 0 Å². The zero-order valence-electron chi connectivity index (χ0n) is 16.5. The Balaban J connectivity index is 1.69. The van der Waals surface area contributed by atoms with Gasteiger partial charge in [-0.15, -0.1) is 0 Å². The smallest absolute Gasteiger partial charge is 0.223 e. The zero-order valence-corrected chi connectivity index (χ0v) is 16.5. The summed E-state index contributed by atoms with van der Waals surface area (Å²) < 4.78 is 16.1. The lowest BCUT2D eigenvalue weighted by Crippen LogP contribution is -2.30. The Morgan fingerprint density at radius 1 is 1.07 bits per heavy atom. The molecule has 0 fully saturated rings. The molecular weight excluding hydrogens is 342 g/mol. The van der Waals surface area contributed by atoms with Crippen molar-refractivity contribution in [3.05, 3.63) is 53.1 Å². The summed E-state index contributed by atoms with van der Waals surface area (Å²) in [6.07, 6.45) is 3.08. The SMILES string of the molecule is COc1cc(CCC(=O)N(C)C2CCc3ccccc32)cc(OC)c1OC. The first-order valence-corrected chi connectivity index (χ1v) is 9.21. The van der Waals surface area contributed by atoms with Crippen molar-refractivity contribution in [2.75, 3.05) is 28.4 Å². The number of ether oxygens (including phenoxy) is 3. The molecule has 1 amide bonds. The molecule has 0 bridgehead atoms.